The number of carbonyl (C=O) groups excluding carboxylic acids is 1. The Bertz CT molecular complexity index is 1090. The highest BCUT2D eigenvalue weighted by Crippen LogP contribution is 2.33. The Balaban J connectivity index is 1.58. The van der Waals surface area contributed by atoms with Gasteiger partial charge in [-0.3, -0.25) is 29.4 Å². The predicted octanol–water partition coefficient (Wildman–Crippen LogP) is 1.70. The van der Waals surface area contributed by atoms with Gasteiger partial charge in [0.1, 0.15) is 11.1 Å². The summed E-state index contributed by atoms with van der Waals surface area (Å²) in [6.07, 6.45) is 1.42. The summed E-state index contributed by atoms with van der Waals surface area (Å²) in [7, 11) is 0. The molecule has 10 nitrogen and oxygen atoms in total. The van der Waals surface area contributed by atoms with Crippen molar-refractivity contribution >= 4 is 40.1 Å². The molecule has 0 saturated heterocycles. The Labute approximate surface area is 149 Å². The summed E-state index contributed by atoms with van der Waals surface area (Å²) in [5.74, 6) is 0.115. The molecule has 0 saturated carbocycles. The number of nitrogens with zero attached hydrogens (tertiary/aromatic N) is 4. The molecule has 26 heavy (non-hydrogen) atoms. The zero-order chi connectivity index (χ0) is 18.3. The first kappa shape index (κ1) is 16.3. The van der Waals surface area contributed by atoms with Crippen LogP contribution in [-0.2, 0) is 4.79 Å². The summed E-state index contributed by atoms with van der Waals surface area (Å²) in [6, 6.07) is 5.54. The number of hydrogen-bond acceptors (Lipinski definition) is 7. The molecule has 0 fully saturated rings. The molecule has 1 aliphatic rings. The minimum Gasteiger partial charge on any atom is -0.320 e. The van der Waals surface area contributed by atoms with Crippen molar-refractivity contribution in [2.45, 2.75) is 17.6 Å². The van der Waals surface area contributed by atoms with Gasteiger partial charge in [-0.2, -0.15) is 5.10 Å². The van der Waals surface area contributed by atoms with Crippen LogP contribution in [0.1, 0.15) is 12.5 Å². The van der Waals surface area contributed by atoms with Gasteiger partial charge in [-0.15, -0.1) is 0 Å². The van der Waals surface area contributed by atoms with Gasteiger partial charge in [0.05, 0.1) is 17.2 Å². The van der Waals surface area contributed by atoms with Crippen LogP contribution in [0.25, 0.3) is 11.0 Å². The largest absolute Gasteiger partial charge is 0.320 e. The maximum atomic E-state index is 12.6. The minimum absolute atomic E-state index is 0.0109. The number of nitrogens with one attached hydrogen (secondary N) is 2. The molecule has 3 heterocycles. The predicted molar refractivity (Wildman–Crippen MR) is 94.3 cm³/mol. The Morgan fingerprint density at radius 1 is 1.46 bits per heavy atom. The molecule has 0 radical (unpaired) electrons. The van der Waals surface area contributed by atoms with Gasteiger partial charge in [-0.05, 0) is 6.07 Å². The maximum absolute atomic E-state index is 12.6. The van der Waals surface area contributed by atoms with Crippen LogP contribution in [0.3, 0.4) is 0 Å². The number of amides is 1. The second kappa shape index (κ2) is 6.26. The normalized spacial score (nSPS) is 15.8. The number of anilines is 1. The van der Waals surface area contributed by atoms with Crippen molar-refractivity contribution in [1.82, 2.24) is 19.7 Å². The molecule has 1 aromatic carbocycles. The van der Waals surface area contributed by atoms with E-state index in [9.17, 15) is 19.7 Å². The zero-order valence-electron chi connectivity index (χ0n) is 13.2. The van der Waals surface area contributed by atoms with E-state index in [1.165, 1.54) is 40.7 Å². The molecule has 0 aliphatic carbocycles. The first-order chi connectivity index (χ1) is 12.5. The van der Waals surface area contributed by atoms with E-state index >= 15 is 0 Å². The molecular weight excluding hydrogens is 360 g/mol. The average molecular weight is 372 g/mol. The molecule has 0 spiro atoms. The van der Waals surface area contributed by atoms with Crippen molar-refractivity contribution in [3.05, 3.63) is 50.9 Å². The number of thioether (sulfide) groups is 1. The maximum Gasteiger partial charge on any atom is 0.292 e. The number of fused-ring (bicyclic) bond motifs is 2. The number of aromatic amines is 1. The van der Waals surface area contributed by atoms with Crippen LogP contribution >= 0.6 is 11.8 Å². The van der Waals surface area contributed by atoms with E-state index in [1.807, 2.05) is 0 Å². The molecule has 3 aromatic rings. The Hall–Kier alpha value is -3.21. The number of H-pyrrole nitrogens is 1. The SMILES string of the molecule is O=C(CC1CSc2nc3[nH]ncc3c(=O)n21)Nc1ccccc1[N+](=O)[O-]. The fraction of sp³-hybridized carbons (Fsp3) is 0.200. The van der Waals surface area contributed by atoms with Gasteiger partial charge in [-0.25, -0.2) is 4.98 Å². The van der Waals surface area contributed by atoms with E-state index in [0.717, 1.165) is 0 Å². The van der Waals surface area contributed by atoms with E-state index in [-0.39, 0.29) is 29.4 Å². The minimum atomic E-state index is -0.555. The number of rotatable bonds is 4. The van der Waals surface area contributed by atoms with Crippen LogP contribution in [-0.4, -0.2) is 36.3 Å². The van der Waals surface area contributed by atoms with Crippen LogP contribution in [0.2, 0.25) is 0 Å². The summed E-state index contributed by atoms with van der Waals surface area (Å²) in [5, 5.41) is 21.0. The molecule has 2 N–H and O–H groups in total. The third-order valence-electron chi connectivity index (χ3n) is 4.05. The van der Waals surface area contributed by atoms with Crippen molar-refractivity contribution in [3.63, 3.8) is 0 Å². The zero-order valence-corrected chi connectivity index (χ0v) is 14.0. The molecule has 4 rings (SSSR count). The monoisotopic (exact) mass is 372 g/mol. The lowest BCUT2D eigenvalue weighted by molar-refractivity contribution is -0.383. The standard InChI is InChI=1S/C15H12N6O4S/c22-12(17-10-3-1-2-4-11(10)21(24)25)5-8-7-26-15-18-13-9(6-16-19-13)14(23)20(8)15/h1-4,6,8H,5,7H2,(H,16,19)(H,17,22). The molecule has 2 aromatic heterocycles. The third-order valence-corrected chi connectivity index (χ3v) is 5.15. The van der Waals surface area contributed by atoms with Gasteiger partial charge in [0.15, 0.2) is 10.8 Å². The molecule has 1 unspecified atom stereocenters. The summed E-state index contributed by atoms with van der Waals surface area (Å²) in [6.45, 7) is 0. The van der Waals surface area contributed by atoms with E-state index in [0.29, 0.717) is 21.9 Å². The average Bonchev–Trinajstić information content (AvgIpc) is 3.23. The summed E-state index contributed by atoms with van der Waals surface area (Å²) >= 11 is 1.38. The first-order valence-electron chi connectivity index (χ1n) is 7.66. The topological polar surface area (TPSA) is 136 Å². The number of hydrogen-bond donors (Lipinski definition) is 2. The second-order valence-electron chi connectivity index (χ2n) is 5.69. The Morgan fingerprint density at radius 2 is 2.27 bits per heavy atom. The Kier molecular flexibility index (Phi) is 3.92. The second-order valence-corrected chi connectivity index (χ2v) is 6.68. The van der Waals surface area contributed by atoms with Gasteiger partial charge < -0.3 is 5.32 Å². The van der Waals surface area contributed by atoms with Gasteiger partial charge in [-0.1, -0.05) is 23.9 Å². The van der Waals surface area contributed by atoms with Gasteiger partial charge in [0.2, 0.25) is 5.91 Å². The van der Waals surface area contributed by atoms with Crippen LogP contribution in [0, 0.1) is 10.1 Å². The highest BCUT2D eigenvalue weighted by atomic mass is 32.2. The van der Waals surface area contributed by atoms with Crippen LogP contribution in [0.5, 0.6) is 0 Å². The van der Waals surface area contributed by atoms with Crippen LogP contribution < -0.4 is 10.9 Å². The molecule has 1 atom stereocenters. The van der Waals surface area contributed by atoms with Crippen molar-refractivity contribution < 1.29 is 9.72 Å². The Morgan fingerprint density at radius 3 is 3.08 bits per heavy atom. The number of nitro groups is 1. The lowest BCUT2D eigenvalue weighted by Gasteiger charge is -2.13. The van der Waals surface area contributed by atoms with Crippen molar-refractivity contribution in [1.29, 1.82) is 0 Å². The lowest BCUT2D eigenvalue weighted by Crippen LogP contribution is -2.27. The fourth-order valence-corrected chi connectivity index (χ4v) is 4.00. The van der Waals surface area contributed by atoms with E-state index in [4.69, 9.17) is 0 Å². The summed E-state index contributed by atoms with van der Waals surface area (Å²) in [5.41, 5.74) is 0.108. The quantitative estimate of drug-likeness (QED) is 0.404. The molecule has 0 bridgehead atoms. The van der Waals surface area contributed by atoms with Crippen LogP contribution in [0.4, 0.5) is 11.4 Å². The van der Waals surface area contributed by atoms with E-state index < -0.39 is 10.8 Å². The van der Waals surface area contributed by atoms with Crippen molar-refractivity contribution in [2.75, 3.05) is 11.1 Å². The highest BCUT2D eigenvalue weighted by Gasteiger charge is 2.29. The smallest absolute Gasteiger partial charge is 0.292 e. The number of benzene rings is 1. The molecular formula is C15H12N6O4S. The van der Waals surface area contributed by atoms with E-state index in [1.54, 1.807) is 6.07 Å². The number of nitro benzene ring substituents is 1. The third kappa shape index (κ3) is 2.71. The first-order valence-corrected chi connectivity index (χ1v) is 8.65. The van der Waals surface area contributed by atoms with Crippen molar-refractivity contribution in [3.8, 4) is 0 Å². The van der Waals surface area contributed by atoms with Gasteiger partial charge >= 0.3 is 0 Å². The summed E-state index contributed by atoms with van der Waals surface area (Å²) < 4.78 is 1.49. The molecule has 1 aliphatic heterocycles. The van der Waals surface area contributed by atoms with Crippen LogP contribution in [0.15, 0.2) is 40.4 Å². The van der Waals surface area contributed by atoms with E-state index in [2.05, 4.69) is 20.5 Å². The highest BCUT2D eigenvalue weighted by molar-refractivity contribution is 7.99. The molecule has 1 amide bonds. The number of aromatic nitrogens is 4. The number of para-hydroxylation sites is 2. The number of carbonyl (C=O) groups is 1. The lowest BCUT2D eigenvalue weighted by atomic mass is 10.2. The fourth-order valence-electron chi connectivity index (χ4n) is 2.86. The molecule has 11 heteroatoms. The van der Waals surface area contributed by atoms with Gasteiger partial charge in [0, 0.05) is 18.2 Å². The molecule has 132 valence electrons. The van der Waals surface area contributed by atoms with Crippen molar-refractivity contribution in [2.24, 2.45) is 0 Å². The summed E-state index contributed by atoms with van der Waals surface area (Å²) in [4.78, 5) is 39.8. The van der Waals surface area contributed by atoms with Gasteiger partial charge in [0.25, 0.3) is 11.2 Å².